The summed E-state index contributed by atoms with van der Waals surface area (Å²) in [6.07, 6.45) is -3.61. The minimum atomic E-state index is -4.24. The Labute approximate surface area is 150 Å². The number of ether oxygens (including phenoxy) is 1. The molecule has 3 aromatic rings. The van der Waals surface area contributed by atoms with E-state index in [1.54, 1.807) is 18.2 Å². The highest BCUT2D eigenvalue weighted by Gasteiger charge is 2.45. The summed E-state index contributed by atoms with van der Waals surface area (Å²) < 4.78 is 44.8. The van der Waals surface area contributed by atoms with Crippen LogP contribution in [0.2, 0.25) is 0 Å². The highest BCUT2D eigenvalue weighted by molar-refractivity contribution is 7.18. The molecule has 0 amide bonds. The van der Waals surface area contributed by atoms with Crippen LogP contribution in [0.25, 0.3) is 21.1 Å². The Kier molecular flexibility index (Phi) is 4.15. The van der Waals surface area contributed by atoms with E-state index in [0.717, 1.165) is 0 Å². The summed E-state index contributed by atoms with van der Waals surface area (Å²) in [5, 5.41) is 1.58. The molecule has 2 aromatic heterocycles. The van der Waals surface area contributed by atoms with Crippen molar-refractivity contribution >= 4 is 32.5 Å². The lowest BCUT2D eigenvalue weighted by Gasteiger charge is -2.25. The summed E-state index contributed by atoms with van der Waals surface area (Å²) in [6, 6.07) is 3.70. The minimum Gasteiger partial charge on any atom is -0.496 e. The van der Waals surface area contributed by atoms with Crippen LogP contribution in [0.3, 0.4) is 0 Å². The van der Waals surface area contributed by atoms with Crippen LogP contribution in [-0.4, -0.2) is 40.7 Å². The van der Waals surface area contributed by atoms with Crippen LogP contribution in [0.5, 0.6) is 5.75 Å². The number of alkyl halides is 3. The number of aromatic amines is 1. The second-order valence-electron chi connectivity index (χ2n) is 6.29. The number of rotatable bonds is 3. The molecule has 3 heterocycles. The summed E-state index contributed by atoms with van der Waals surface area (Å²) in [5.41, 5.74) is 0.288. The average Bonchev–Trinajstić information content (AvgIpc) is 3.21. The predicted molar refractivity (Wildman–Crippen MR) is 93.8 cm³/mol. The van der Waals surface area contributed by atoms with E-state index < -0.39 is 12.2 Å². The van der Waals surface area contributed by atoms with Crippen molar-refractivity contribution in [2.75, 3.05) is 13.7 Å². The summed E-state index contributed by atoms with van der Waals surface area (Å²) in [7, 11) is 1.51. The Morgan fingerprint density at radius 3 is 2.96 bits per heavy atom. The first-order valence-corrected chi connectivity index (χ1v) is 8.99. The molecule has 138 valence electrons. The number of thiazole rings is 1. The van der Waals surface area contributed by atoms with Gasteiger partial charge in [0.25, 0.3) is 5.56 Å². The quantitative estimate of drug-likeness (QED) is 0.750. The van der Waals surface area contributed by atoms with Gasteiger partial charge in [0.15, 0.2) is 0 Å². The highest BCUT2D eigenvalue weighted by atomic mass is 32.1. The number of nitrogens with one attached hydrogen (secondary N) is 1. The summed E-state index contributed by atoms with van der Waals surface area (Å²) in [6.45, 7) is 0.503. The number of fused-ring (bicyclic) bond motifs is 3. The molecule has 4 rings (SSSR count). The van der Waals surface area contributed by atoms with Crippen molar-refractivity contribution in [3.8, 4) is 5.75 Å². The first-order valence-electron chi connectivity index (χ1n) is 8.17. The van der Waals surface area contributed by atoms with E-state index in [4.69, 9.17) is 4.74 Å². The SMILES string of the molecule is COc1cccc2c(=O)[nH]c3sc(CN4CCC[C@@H]4C(F)(F)F)nc3c12. The van der Waals surface area contributed by atoms with Crippen molar-refractivity contribution in [2.45, 2.75) is 31.6 Å². The van der Waals surface area contributed by atoms with Gasteiger partial charge in [0, 0.05) is 0 Å². The van der Waals surface area contributed by atoms with Crippen LogP contribution in [0.4, 0.5) is 13.2 Å². The number of aromatic nitrogens is 2. The standard InChI is InChI=1S/C17H16F3N3O2S/c1-25-10-5-2-4-9-13(10)14-16(22-15(9)24)26-12(21-14)8-23-7-3-6-11(23)17(18,19)20/h2,4-5,11H,3,6-8H2,1H3,(H,22,24)/t11-/m1/s1. The number of halogens is 3. The predicted octanol–water partition coefficient (Wildman–Crippen LogP) is 3.67. The normalized spacial score (nSPS) is 18.8. The number of methoxy groups -OCH3 is 1. The molecule has 0 unspecified atom stereocenters. The molecule has 1 atom stereocenters. The Balaban J connectivity index is 1.79. The van der Waals surface area contributed by atoms with Gasteiger partial charge in [-0.05, 0) is 31.5 Å². The molecule has 0 spiro atoms. The lowest BCUT2D eigenvalue weighted by Crippen LogP contribution is -2.40. The molecule has 1 aliphatic rings. The zero-order valence-corrected chi connectivity index (χ0v) is 14.7. The number of nitrogens with zero attached hydrogens (tertiary/aromatic N) is 2. The molecule has 5 nitrogen and oxygen atoms in total. The number of hydrogen-bond donors (Lipinski definition) is 1. The third-order valence-electron chi connectivity index (χ3n) is 4.71. The fraction of sp³-hybridized carbons (Fsp3) is 0.412. The van der Waals surface area contributed by atoms with Crippen molar-refractivity contribution in [1.29, 1.82) is 0 Å². The van der Waals surface area contributed by atoms with E-state index >= 15 is 0 Å². The zero-order valence-electron chi connectivity index (χ0n) is 13.9. The van der Waals surface area contributed by atoms with Gasteiger partial charge < -0.3 is 9.72 Å². The van der Waals surface area contributed by atoms with E-state index in [-0.39, 0.29) is 18.5 Å². The molecule has 0 saturated carbocycles. The van der Waals surface area contributed by atoms with Crippen LogP contribution in [0.1, 0.15) is 17.8 Å². The van der Waals surface area contributed by atoms with Gasteiger partial charge in [-0.3, -0.25) is 9.69 Å². The number of likely N-dealkylation sites (tertiary alicyclic amines) is 1. The van der Waals surface area contributed by atoms with Crippen molar-refractivity contribution in [1.82, 2.24) is 14.9 Å². The molecule has 1 aliphatic heterocycles. The molecule has 0 aliphatic carbocycles. The molecule has 1 fully saturated rings. The average molecular weight is 383 g/mol. The maximum Gasteiger partial charge on any atom is 0.404 e. The minimum absolute atomic E-state index is 0.113. The molecule has 1 aromatic carbocycles. The highest BCUT2D eigenvalue weighted by Crippen LogP contribution is 2.36. The summed E-state index contributed by atoms with van der Waals surface area (Å²) in [5.74, 6) is 0.518. The van der Waals surface area contributed by atoms with Gasteiger partial charge in [-0.15, -0.1) is 0 Å². The van der Waals surface area contributed by atoms with Gasteiger partial charge in [0.05, 0.1) is 24.4 Å². The lowest BCUT2D eigenvalue weighted by atomic mass is 10.1. The fourth-order valence-corrected chi connectivity index (χ4v) is 4.54. The van der Waals surface area contributed by atoms with Crippen molar-refractivity contribution in [3.63, 3.8) is 0 Å². The van der Waals surface area contributed by atoms with Crippen LogP contribution in [-0.2, 0) is 6.54 Å². The van der Waals surface area contributed by atoms with Crippen molar-refractivity contribution in [2.24, 2.45) is 0 Å². The Morgan fingerprint density at radius 2 is 2.23 bits per heavy atom. The third-order valence-corrected chi connectivity index (χ3v) is 5.66. The van der Waals surface area contributed by atoms with Crippen LogP contribution < -0.4 is 10.3 Å². The third kappa shape index (κ3) is 2.84. The summed E-state index contributed by atoms with van der Waals surface area (Å²) >= 11 is 1.21. The Morgan fingerprint density at radius 1 is 1.42 bits per heavy atom. The van der Waals surface area contributed by atoms with Gasteiger partial charge in [-0.1, -0.05) is 17.4 Å². The maximum atomic E-state index is 13.2. The topological polar surface area (TPSA) is 58.2 Å². The Hall–Kier alpha value is -2.13. The fourth-order valence-electron chi connectivity index (χ4n) is 3.55. The van der Waals surface area contributed by atoms with Crippen LogP contribution in [0, 0.1) is 0 Å². The van der Waals surface area contributed by atoms with E-state index in [9.17, 15) is 18.0 Å². The molecule has 1 saturated heterocycles. The first kappa shape index (κ1) is 17.3. The smallest absolute Gasteiger partial charge is 0.404 e. The van der Waals surface area contributed by atoms with Gasteiger partial charge in [0.2, 0.25) is 0 Å². The molecule has 9 heteroatoms. The number of benzene rings is 1. The van der Waals surface area contributed by atoms with Crippen molar-refractivity contribution < 1.29 is 17.9 Å². The van der Waals surface area contributed by atoms with E-state index in [0.29, 0.717) is 44.8 Å². The number of pyridine rings is 1. The second-order valence-corrected chi connectivity index (χ2v) is 7.38. The maximum absolute atomic E-state index is 13.2. The van der Waals surface area contributed by atoms with Gasteiger partial charge in [0.1, 0.15) is 27.1 Å². The lowest BCUT2D eigenvalue weighted by molar-refractivity contribution is -0.177. The zero-order chi connectivity index (χ0) is 18.5. The number of H-pyrrole nitrogens is 1. The van der Waals surface area contributed by atoms with Crippen LogP contribution in [0.15, 0.2) is 23.0 Å². The van der Waals surface area contributed by atoms with Gasteiger partial charge in [-0.2, -0.15) is 13.2 Å². The van der Waals surface area contributed by atoms with Gasteiger partial charge in [-0.25, -0.2) is 4.98 Å². The first-order chi connectivity index (χ1) is 12.4. The number of hydrogen-bond acceptors (Lipinski definition) is 5. The largest absolute Gasteiger partial charge is 0.496 e. The molecule has 0 radical (unpaired) electrons. The molecule has 1 N–H and O–H groups in total. The molecular formula is C17H16F3N3O2S. The van der Waals surface area contributed by atoms with Gasteiger partial charge >= 0.3 is 6.18 Å². The van der Waals surface area contributed by atoms with E-state index in [1.807, 2.05) is 0 Å². The van der Waals surface area contributed by atoms with E-state index in [1.165, 1.54) is 23.3 Å². The molecule has 26 heavy (non-hydrogen) atoms. The second kappa shape index (κ2) is 6.24. The van der Waals surface area contributed by atoms with Crippen LogP contribution >= 0.6 is 11.3 Å². The van der Waals surface area contributed by atoms with E-state index in [2.05, 4.69) is 9.97 Å². The molecule has 0 bridgehead atoms. The van der Waals surface area contributed by atoms with Crippen molar-refractivity contribution in [3.05, 3.63) is 33.6 Å². The Bertz CT molecular complexity index is 1030. The summed E-state index contributed by atoms with van der Waals surface area (Å²) in [4.78, 5) is 21.6. The molecular weight excluding hydrogens is 367 g/mol. The monoisotopic (exact) mass is 383 g/mol.